The number of carbonyl (C=O) groups is 2. The fraction of sp³-hybridized carbons (Fsp3) is 0.500. The molecule has 9 nitrogen and oxygen atoms in total. The van der Waals surface area contributed by atoms with Gasteiger partial charge in [0.15, 0.2) is 11.4 Å². The smallest absolute Gasteiger partial charge is 0.379 e. The van der Waals surface area contributed by atoms with Crippen LogP contribution >= 0.6 is 0 Å². The number of halogens is 4. The average molecular weight is 470 g/mol. The van der Waals surface area contributed by atoms with Crippen LogP contribution < -0.4 is 0 Å². The molecule has 0 atom stereocenters. The van der Waals surface area contributed by atoms with Crippen molar-refractivity contribution in [3.63, 3.8) is 0 Å². The number of aromatic nitrogens is 3. The highest BCUT2D eigenvalue weighted by atomic mass is 19.4. The lowest BCUT2D eigenvalue weighted by Gasteiger charge is -2.36. The van der Waals surface area contributed by atoms with Crippen LogP contribution in [0.4, 0.5) is 17.6 Å². The number of ether oxygens (including phenoxy) is 1. The number of carbonyl (C=O) groups excluding carboxylic acids is 2. The van der Waals surface area contributed by atoms with E-state index in [4.69, 9.17) is 4.74 Å². The summed E-state index contributed by atoms with van der Waals surface area (Å²) in [5, 5.41) is 7.00. The molecule has 13 heteroatoms. The number of alkyl halides is 3. The van der Waals surface area contributed by atoms with E-state index in [9.17, 15) is 27.2 Å². The maximum absolute atomic E-state index is 13.8. The van der Waals surface area contributed by atoms with Crippen LogP contribution in [0.3, 0.4) is 0 Å². The van der Waals surface area contributed by atoms with Crippen molar-refractivity contribution in [2.45, 2.75) is 6.18 Å². The number of morpholine rings is 1. The second-order valence-corrected chi connectivity index (χ2v) is 7.73. The summed E-state index contributed by atoms with van der Waals surface area (Å²) in [7, 11) is 0. The Bertz CT molecular complexity index is 996. The summed E-state index contributed by atoms with van der Waals surface area (Å²) >= 11 is 0. The molecule has 2 aromatic rings. The second-order valence-electron chi connectivity index (χ2n) is 7.73. The number of rotatable bonds is 4. The van der Waals surface area contributed by atoms with Crippen LogP contribution in [0, 0.1) is 5.82 Å². The predicted octanol–water partition coefficient (Wildman–Crippen LogP) is 1.04. The predicted molar refractivity (Wildman–Crippen MR) is 106 cm³/mol. The lowest BCUT2D eigenvalue weighted by Crippen LogP contribution is -2.53. The average Bonchev–Trinajstić information content (AvgIpc) is 3.26. The van der Waals surface area contributed by atoms with E-state index in [0.29, 0.717) is 31.0 Å². The maximum Gasteiger partial charge on any atom is 0.435 e. The van der Waals surface area contributed by atoms with E-state index in [1.165, 1.54) is 4.90 Å². The van der Waals surface area contributed by atoms with Gasteiger partial charge in [-0.2, -0.15) is 13.2 Å². The lowest BCUT2D eigenvalue weighted by molar-refractivity contribution is -0.143. The number of hydrogen-bond acceptors (Lipinski definition) is 6. The molecule has 0 aliphatic carbocycles. The lowest BCUT2D eigenvalue weighted by atomic mass is 10.2. The van der Waals surface area contributed by atoms with Crippen molar-refractivity contribution in [1.29, 1.82) is 0 Å². The summed E-state index contributed by atoms with van der Waals surface area (Å²) in [5.41, 5.74) is -2.24. The molecule has 2 fully saturated rings. The second kappa shape index (κ2) is 9.43. The monoisotopic (exact) mass is 470 g/mol. The third-order valence-corrected chi connectivity index (χ3v) is 5.59. The molecule has 0 bridgehead atoms. The van der Waals surface area contributed by atoms with Gasteiger partial charge in [0.25, 0.3) is 5.91 Å². The Kier molecular flexibility index (Phi) is 6.61. The van der Waals surface area contributed by atoms with Crippen LogP contribution in [0.15, 0.2) is 24.3 Å². The zero-order valence-electron chi connectivity index (χ0n) is 17.6. The summed E-state index contributed by atoms with van der Waals surface area (Å²) in [6, 6.07) is 4.22. The first-order valence-corrected chi connectivity index (χ1v) is 10.4. The number of piperazine rings is 1. The Morgan fingerprint density at radius 1 is 0.939 bits per heavy atom. The van der Waals surface area contributed by atoms with E-state index in [1.54, 1.807) is 4.90 Å². The van der Waals surface area contributed by atoms with Gasteiger partial charge in [-0.1, -0.05) is 5.21 Å². The van der Waals surface area contributed by atoms with Gasteiger partial charge >= 0.3 is 6.18 Å². The summed E-state index contributed by atoms with van der Waals surface area (Å²) in [6.45, 7) is 3.27. The fourth-order valence-electron chi connectivity index (χ4n) is 3.80. The van der Waals surface area contributed by atoms with E-state index in [-0.39, 0.29) is 44.3 Å². The van der Waals surface area contributed by atoms with Crippen LogP contribution in [-0.2, 0) is 15.7 Å². The summed E-state index contributed by atoms with van der Waals surface area (Å²) in [6.07, 6.45) is -4.92. The van der Waals surface area contributed by atoms with E-state index in [2.05, 4.69) is 10.3 Å². The number of benzene rings is 1. The highest BCUT2D eigenvalue weighted by Crippen LogP contribution is 2.33. The topological polar surface area (TPSA) is 83.8 Å². The summed E-state index contributed by atoms with van der Waals surface area (Å²) < 4.78 is 60.3. The Hall–Kier alpha value is -3.06. The fourth-order valence-corrected chi connectivity index (χ4v) is 3.80. The van der Waals surface area contributed by atoms with Crippen molar-refractivity contribution in [3.05, 3.63) is 41.5 Å². The van der Waals surface area contributed by atoms with Crippen LogP contribution in [-0.4, -0.2) is 101 Å². The molecule has 0 radical (unpaired) electrons. The van der Waals surface area contributed by atoms with Crippen LogP contribution in [0.25, 0.3) is 5.69 Å². The summed E-state index contributed by atoms with van der Waals surface area (Å²) in [4.78, 5) is 30.2. The SMILES string of the molecule is O=C(CN1CCOCC1)N1CCN(C(=O)c2nnn(-c3ccc(F)cc3)c2C(F)(F)F)CC1. The van der Waals surface area contributed by atoms with Crippen molar-refractivity contribution < 1.29 is 31.9 Å². The Morgan fingerprint density at radius 2 is 1.55 bits per heavy atom. The molecular weight excluding hydrogens is 448 g/mol. The van der Waals surface area contributed by atoms with Crippen molar-refractivity contribution in [2.24, 2.45) is 0 Å². The minimum atomic E-state index is -4.92. The first-order valence-electron chi connectivity index (χ1n) is 10.4. The van der Waals surface area contributed by atoms with Crippen LogP contribution in [0.5, 0.6) is 0 Å². The van der Waals surface area contributed by atoms with Gasteiger partial charge in [0.05, 0.1) is 25.4 Å². The molecule has 3 heterocycles. The Morgan fingerprint density at radius 3 is 2.15 bits per heavy atom. The molecule has 1 aromatic carbocycles. The zero-order valence-corrected chi connectivity index (χ0v) is 17.6. The maximum atomic E-state index is 13.8. The van der Waals surface area contributed by atoms with Crippen LogP contribution in [0.1, 0.15) is 16.2 Å². The molecule has 4 rings (SSSR count). The highest BCUT2D eigenvalue weighted by molar-refractivity contribution is 5.94. The van der Waals surface area contributed by atoms with E-state index in [0.717, 1.165) is 24.3 Å². The first-order chi connectivity index (χ1) is 15.7. The van der Waals surface area contributed by atoms with Crippen molar-refractivity contribution in [3.8, 4) is 5.69 Å². The van der Waals surface area contributed by atoms with Gasteiger partial charge in [0.1, 0.15) is 5.82 Å². The molecule has 1 aromatic heterocycles. The molecule has 2 aliphatic rings. The minimum absolute atomic E-state index is 0.0752. The van der Waals surface area contributed by atoms with Gasteiger partial charge in [0, 0.05) is 39.3 Å². The Labute approximate surface area is 186 Å². The van der Waals surface area contributed by atoms with Crippen LogP contribution in [0.2, 0.25) is 0 Å². The highest BCUT2D eigenvalue weighted by Gasteiger charge is 2.43. The molecule has 2 saturated heterocycles. The summed E-state index contributed by atoms with van der Waals surface area (Å²) in [5.74, 6) is -1.64. The molecule has 0 N–H and O–H groups in total. The zero-order chi connectivity index (χ0) is 23.6. The minimum Gasteiger partial charge on any atom is -0.379 e. The standard InChI is InChI=1S/C20H22F4N6O3/c21-14-1-3-15(4-2-14)30-18(20(22,23)24)17(25-26-30)19(32)29-7-5-28(6-8-29)16(31)13-27-9-11-33-12-10-27/h1-4H,5-13H2. The molecule has 33 heavy (non-hydrogen) atoms. The molecule has 2 amide bonds. The number of hydrogen-bond donors (Lipinski definition) is 0. The third-order valence-electron chi connectivity index (χ3n) is 5.59. The molecular formula is C20H22F4N6O3. The van der Waals surface area contributed by atoms with Gasteiger partial charge in [0.2, 0.25) is 5.91 Å². The molecule has 0 saturated carbocycles. The molecule has 178 valence electrons. The van der Waals surface area contributed by atoms with Gasteiger partial charge in [-0.25, -0.2) is 9.07 Å². The first kappa shape index (κ1) is 23.1. The van der Waals surface area contributed by atoms with Gasteiger partial charge < -0.3 is 14.5 Å². The normalized spacial score (nSPS) is 17.9. The quantitative estimate of drug-likeness (QED) is 0.622. The van der Waals surface area contributed by atoms with Gasteiger partial charge in [-0.15, -0.1) is 5.10 Å². The van der Waals surface area contributed by atoms with Crippen molar-refractivity contribution in [1.82, 2.24) is 29.7 Å². The van der Waals surface area contributed by atoms with Gasteiger partial charge in [-0.3, -0.25) is 14.5 Å². The Balaban J connectivity index is 1.45. The van der Waals surface area contributed by atoms with E-state index in [1.807, 2.05) is 4.90 Å². The largest absolute Gasteiger partial charge is 0.435 e. The van der Waals surface area contributed by atoms with Crippen molar-refractivity contribution in [2.75, 3.05) is 59.0 Å². The third kappa shape index (κ3) is 5.14. The van der Waals surface area contributed by atoms with E-state index >= 15 is 0 Å². The molecule has 0 spiro atoms. The number of amides is 2. The molecule has 0 unspecified atom stereocenters. The number of nitrogens with zero attached hydrogens (tertiary/aromatic N) is 6. The van der Waals surface area contributed by atoms with E-state index < -0.39 is 29.3 Å². The molecule has 2 aliphatic heterocycles. The van der Waals surface area contributed by atoms with Gasteiger partial charge in [-0.05, 0) is 24.3 Å². The van der Waals surface area contributed by atoms with Crippen molar-refractivity contribution >= 4 is 11.8 Å².